The molecule has 23 heavy (non-hydrogen) atoms. The molecule has 0 saturated heterocycles. The normalized spacial score (nSPS) is 17.9. The van der Waals surface area contributed by atoms with Crippen LogP contribution in [0, 0.1) is 15.5 Å². The molecule has 0 spiro atoms. The van der Waals surface area contributed by atoms with Crippen LogP contribution in [0.5, 0.6) is 0 Å². The molecular weight excluding hydrogens is 298 g/mol. The maximum Gasteiger partial charge on any atom is 0.300 e. The number of hydrogen-bond donors (Lipinski definition) is 3. The Hall–Kier alpha value is -2.22. The van der Waals surface area contributed by atoms with Crippen LogP contribution < -0.4 is 5.32 Å². The van der Waals surface area contributed by atoms with E-state index in [2.05, 4.69) is 29.2 Å². The number of allylic oxidation sites excluding steroid dienone is 4. The van der Waals surface area contributed by atoms with Crippen LogP contribution in [0.25, 0.3) is 0 Å². The molecule has 128 valence electrons. The van der Waals surface area contributed by atoms with E-state index >= 15 is 0 Å². The molecule has 0 fully saturated rings. The van der Waals surface area contributed by atoms with Gasteiger partial charge in [0.05, 0.1) is 10.6 Å². The van der Waals surface area contributed by atoms with Crippen molar-refractivity contribution in [2.45, 2.75) is 39.7 Å². The molecular formula is C15H25N5O3. The molecule has 0 radical (unpaired) electrons. The van der Waals surface area contributed by atoms with Crippen LogP contribution in [0.3, 0.4) is 0 Å². The Balaban J connectivity index is 2.63. The lowest BCUT2D eigenvalue weighted by Gasteiger charge is -2.22. The molecule has 0 bridgehead atoms. The summed E-state index contributed by atoms with van der Waals surface area (Å²) < 4.78 is 0. The van der Waals surface area contributed by atoms with Gasteiger partial charge in [-0.05, 0) is 45.5 Å². The molecule has 1 rings (SSSR count). The lowest BCUT2D eigenvalue weighted by Crippen LogP contribution is -2.36. The molecule has 0 aromatic rings. The molecule has 8 heteroatoms. The molecule has 1 unspecified atom stereocenters. The summed E-state index contributed by atoms with van der Waals surface area (Å²) in [5.74, 6) is 0. The van der Waals surface area contributed by atoms with Crippen LogP contribution in [0.15, 0.2) is 28.7 Å². The van der Waals surface area contributed by atoms with Gasteiger partial charge in [0.2, 0.25) is 5.71 Å². The van der Waals surface area contributed by atoms with Crippen molar-refractivity contribution in [3.8, 4) is 0 Å². The first kappa shape index (κ1) is 18.8. The Morgan fingerprint density at radius 3 is 2.61 bits per heavy atom. The van der Waals surface area contributed by atoms with Gasteiger partial charge in [-0.2, -0.15) is 0 Å². The van der Waals surface area contributed by atoms with Gasteiger partial charge in [0, 0.05) is 12.1 Å². The summed E-state index contributed by atoms with van der Waals surface area (Å²) in [4.78, 5) is 12.5. The quantitative estimate of drug-likeness (QED) is 0.260. The van der Waals surface area contributed by atoms with Crippen LogP contribution in [-0.4, -0.2) is 52.1 Å². The van der Waals surface area contributed by atoms with Gasteiger partial charge in [-0.1, -0.05) is 19.0 Å². The first-order valence-electron chi connectivity index (χ1n) is 7.81. The summed E-state index contributed by atoms with van der Waals surface area (Å²) in [5.41, 5.74) is -0.441. The SMILES string of the molecule is CCN(CC)CCCC(C)NC1=CC=C([N+](=O)[O-])/C(=N/O)C1=N. The highest BCUT2D eigenvalue weighted by Gasteiger charge is 2.29. The Bertz CT molecular complexity index is 535. The minimum atomic E-state index is -0.662. The van der Waals surface area contributed by atoms with E-state index in [1.807, 2.05) is 6.92 Å². The molecule has 1 aliphatic rings. The largest absolute Gasteiger partial charge is 0.410 e. The van der Waals surface area contributed by atoms with Crippen LogP contribution >= 0.6 is 0 Å². The fourth-order valence-corrected chi connectivity index (χ4v) is 2.45. The van der Waals surface area contributed by atoms with Crippen molar-refractivity contribution in [3.05, 3.63) is 33.7 Å². The van der Waals surface area contributed by atoms with Gasteiger partial charge in [0.25, 0.3) is 0 Å². The Labute approximate surface area is 136 Å². The maximum atomic E-state index is 10.9. The Morgan fingerprint density at radius 1 is 1.43 bits per heavy atom. The second-order valence-electron chi connectivity index (χ2n) is 5.43. The van der Waals surface area contributed by atoms with E-state index in [0.29, 0.717) is 5.70 Å². The lowest BCUT2D eigenvalue weighted by molar-refractivity contribution is -0.414. The third kappa shape index (κ3) is 5.17. The van der Waals surface area contributed by atoms with Crippen molar-refractivity contribution in [3.63, 3.8) is 0 Å². The first-order chi connectivity index (χ1) is 10.9. The fourth-order valence-electron chi connectivity index (χ4n) is 2.45. The van der Waals surface area contributed by atoms with E-state index in [1.54, 1.807) is 0 Å². The molecule has 0 heterocycles. The van der Waals surface area contributed by atoms with Gasteiger partial charge in [0.1, 0.15) is 5.71 Å². The zero-order chi connectivity index (χ0) is 17.4. The zero-order valence-corrected chi connectivity index (χ0v) is 13.9. The van der Waals surface area contributed by atoms with E-state index in [9.17, 15) is 10.1 Å². The molecule has 0 amide bonds. The summed E-state index contributed by atoms with van der Waals surface area (Å²) >= 11 is 0. The van der Waals surface area contributed by atoms with Crippen molar-refractivity contribution in [1.82, 2.24) is 10.2 Å². The van der Waals surface area contributed by atoms with Gasteiger partial charge in [-0.3, -0.25) is 15.5 Å². The molecule has 1 atom stereocenters. The van der Waals surface area contributed by atoms with Crippen LogP contribution in [0.2, 0.25) is 0 Å². The average molecular weight is 323 g/mol. The Morgan fingerprint density at radius 2 is 2.09 bits per heavy atom. The molecule has 0 saturated carbocycles. The third-order valence-electron chi connectivity index (χ3n) is 3.86. The maximum absolute atomic E-state index is 10.9. The van der Waals surface area contributed by atoms with Crippen molar-refractivity contribution in [1.29, 1.82) is 5.41 Å². The first-order valence-corrected chi connectivity index (χ1v) is 7.81. The van der Waals surface area contributed by atoms with Gasteiger partial charge in [0.15, 0.2) is 0 Å². The molecule has 0 aromatic carbocycles. The minimum Gasteiger partial charge on any atom is -0.410 e. The van der Waals surface area contributed by atoms with E-state index < -0.39 is 4.92 Å². The number of nitrogens with one attached hydrogen (secondary N) is 2. The summed E-state index contributed by atoms with van der Waals surface area (Å²) in [5, 5.41) is 33.8. The second kappa shape index (κ2) is 9.04. The fraction of sp³-hybridized carbons (Fsp3) is 0.600. The molecule has 0 aromatic heterocycles. The van der Waals surface area contributed by atoms with Gasteiger partial charge < -0.3 is 15.4 Å². The number of oxime groups is 1. The smallest absolute Gasteiger partial charge is 0.300 e. The van der Waals surface area contributed by atoms with Crippen molar-refractivity contribution < 1.29 is 10.1 Å². The van der Waals surface area contributed by atoms with Crippen molar-refractivity contribution >= 4 is 11.4 Å². The van der Waals surface area contributed by atoms with Crippen LogP contribution in [0.1, 0.15) is 33.6 Å². The summed E-state index contributed by atoms with van der Waals surface area (Å²) in [6.07, 6.45) is 4.67. The predicted octanol–water partition coefficient (Wildman–Crippen LogP) is 1.99. The molecule has 1 aliphatic carbocycles. The third-order valence-corrected chi connectivity index (χ3v) is 3.86. The molecule has 8 nitrogen and oxygen atoms in total. The van der Waals surface area contributed by atoms with E-state index in [0.717, 1.165) is 32.5 Å². The summed E-state index contributed by atoms with van der Waals surface area (Å²) in [6, 6.07) is 0.114. The minimum absolute atomic E-state index is 0.114. The van der Waals surface area contributed by atoms with Crippen molar-refractivity contribution in [2.75, 3.05) is 19.6 Å². The van der Waals surface area contributed by atoms with Crippen molar-refractivity contribution in [2.24, 2.45) is 5.16 Å². The summed E-state index contributed by atoms with van der Waals surface area (Å²) in [6.45, 7) is 9.34. The van der Waals surface area contributed by atoms with E-state index in [1.165, 1.54) is 12.2 Å². The van der Waals surface area contributed by atoms with E-state index in [4.69, 9.17) is 10.6 Å². The zero-order valence-electron chi connectivity index (χ0n) is 13.9. The van der Waals surface area contributed by atoms with Crippen LogP contribution in [0.4, 0.5) is 0 Å². The van der Waals surface area contributed by atoms with Crippen LogP contribution in [-0.2, 0) is 0 Å². The van der Waals surface area contributed by atoms with Gasteiger partial charge in [-0.15, -0.1) is 0 Å². The number of nitro groups is 1. The number of nitrogens with zero attached hydrogens (tertiary/aromatic N) is 3. The molecule has 0 aliphatic heterocycles. The standard InChI is InChI=1S/C15H25N5O3/c1-4-19(5-2)10-6-7-11(3)17-12-8-9-13(20(22)23)15(18-21)14(12)16/h8-9,11,16-17,21H,4-7,10H2,1-3H3/b16-14?,18-15-. The topological polar surface area (TPSA) is 115 Å². The Kier molecular flexibility index (Phi) is 7.40. The average Bonchev–Trinajstić information content (AvgIpc) is 2.53. The van der Waals surface area contributed by atoms with Gasteiger partial charge in [-0.25, -0.2) is 0 Å². The second-order valence-corrected chi connectivity index (χ2v) is 5.43. The predicted molar refractivity (Wildman–Crippen MR) is 89.7 cm³/mol. The highest BCUT2D eigenvalue weighted by atomic mass is 16.6. The summed E-state index contributed by atoms with van der Waals surface area (Å²) in [7, 11) is 0. The lowest BCUT2D eigenvalue weighted by atomic mass is 10.0. The van der Waals surface area contributed by atoms with Gasteiger partial charge >= 0.3 is 5.70 Å². The molecule has 3 N–H and O–H groups in total. The number of rotatable bonds is 9. The highest BCUT2D eigenvalue weighted by Crippen LogP contribution is 2.14. The van der Waals surface area contributed by atoms with E-state index in [-0.39, 0.29) is 23.2 Å². The highest BCUT2D eigenvalue weighted by molar-refractivity contribution is 6.52. The monoisotopic (exact) mass is 323 g/mol. The number of hydrogen-bond acceptors (Lipinski definition) is 7.